The van der Waals surface area contributed by atoms with Crippen molar-refractivity contribution in [2.45, 2.75) is 20.4 Å². The van der Waals surface area contributed by atoms with Gasteiger partial charge < -0.3 is 5.32 Å². The maximum atomic E-state index is 12.7. The number of amides is 1. The van der Waals surface area contributed by atoms with Crippen molar-refractivity contribution in [3.8, 4) is 6.07 Å². The van der Waals surface area contributed by atoms with Crippen molar-refractivity contribution < 1.29 is 4.79 Å². The Labute approximate surface area is 146 Å². The fourth-order valence-electron chi connectivity index (χ4n) is 2.80. The van der Waals surface area contributed by atoms with Gasteiger partial charge in [-0.05, 0) is 37.6 Å². The third kappa shape index (κ3) is 3.59. The minimum absolute atomic E-state index is 0.218. The van der Waals surface area contributed by atoms with E-state index in [2.05, 4.69) is 16.5 Å². The first-order chi connectivity index (χ1) is 12.1. The van der Waals surface area contributed by atoms with Crippen molar-refractivity contribution in [1.82, 2.24) is 9.78 Å². The van der Waals surface area contributed by atoms with E-state index >= 15 is 0 Å². The SMILES string of the molecule is Cc1nn(Cc2ccccc2)c(C)c1C(=O)Nc1cccc(C#N)c1. The van der Waals surface area contributed by atoms with Crippen molar-refractivity contribution >= 4 is 11.6 Å². The zero-order valence-corrected chi connectivity index (χ0v) is 14.2. The molecule has 3 aromatic rings. The second-order valence-electron chi connectivity index (χ2n) is 5.84. The molecule has 0 saturated heterocycles. The number of anilines is 1. The molecule has 124 valence electrons. The van der Waals surface area contributed by atoms with Gasteiger partial charge in [0.1, 0.15) is 0 Å². The van der Waals surface area contributed by atoms with Crippen molar-refractivity contribution in [3.05, 3.63) is 82.7 Å². The number of nitriles is 1. The van der Waals surface area contributed by atoms with Gasteiger partial charge in [-0.15, -0.1) is 0 Å². The van der Waals surface area contributed by atoms with Gasteiger partial charge in [-0.2, -0.15) is 10.4 Å². The average molecular weight is 330 g/mol. The lowest BCUT2D eigenvalue weighted by atomic mass is 10.1. The number of hydrogen-bond donors (Lipinski definition) is 1. The molecule has 0 saturated carbocycles. The Hall–Kier alpha value is -3.39. The highest BCUT2D eigenvalue weighted by Gasteiger charge is 2.19. The number of carbonyl (C=O) groups excluding carboxylic acids is 1. The van der Waals surface area contributed by atoms with E-state index in [0.717, 1.165) is 11.3 Å². The summed E-state index contributed by atoms with van der Waals surface area (Å²) in [5, 5.41) is 16.3. The van der Waals surface area contributed by atoms with E-state index in [1.165, 1.54) is 0 Å². The number of nitrogens with zero attached hydrogens (tertiary/aromatic N) is 3. The topological polar surface area (TPSA) is 70.7 Å². The summed E-state index contributed by atoms with van der Waals surface area (Å²) in [6.07, 6.45) is 0. The van der Waals surface area contributed by atoms with E-state index in [-0.39, 0.29) is 5.91 Å². The van der Waals surface area contributed by atoms with Crippen molar-refractivity contribution in [2.24, 2.45) is 0 Å². The van der Waals surface area contributed by atoms with Gasteiger partial charge in [0.15, 0.2) is 0 Å². The summed E-state index contributed by atoms with van der Waals surface area (Å²) >= 11 is 0. The van der Waals surface area contributed by atoms with E-state index in [1.54, 1.807) is 24.3 Å². The molecular formula is C20H18N4O. The molecule has 0 unspecified atom stereocenters. The van der Waals surface area contributed by atoms with E-state index in [9.17, 15) is 4.79 Å². The van der Waals surface area contributed by atoms with Gasteiger partial charge in [0.2, 0.25) is 0 Å². The predicted octanol–water partition coefficient (Wildman–Crippen LogP) is 3.67. The summed E-state index contributed by atoms with van der Waals surface area (Å²) in [4.78, 5) is 12.7. The Balaban J connectivity index is 1.84. The molecule has 5 nitrogen and oxygen atoms in total. The van der Waals surface area contributed by atoms with Crippen LogP contribution in [0.3, 0.4) is 0 Å². The quantitative estimate of drug-likeness (QED) is 0.793. The molecule has 0 aliphatic rings. The summed E-state index contributed by atoms with van der Waals surface area (Å²) < 4.78 is 1.84. The third-order valence-electron chi connectivity index (χ3n) is 4.03. The second kappa shape index (κ2) is 7.02. The predicted molar refractivity (Wildman–Crippen MR) is 96.4 cm³/mol. The first-order valence-electron chi connectivity index (χ1n) is 7.98. The van der Waals surface area contributed by atoms with E-state index < -0.39 is 0 Å². The molecule has 25 heavy (non-hydrogen) atoms. The van der Waals surface area contributed by atoms with Gasteiger partial charge in [-0.3, -0.25) is 9.48 Å². The molecule has 0 spiro atoms. The van der Waals surface area contributed by atoms with Crippen LogP contribution >= 0.6 is 0 Å². The van der Waals surface area contributed by atoms with Gasteiger partial charge in [-0.1, -0.05) is 36.4 Å². The number of rotatable bonds is 4. The molecule has 0 aliphatic heterocycles. The van der Waals surface area contributed by atoms with Crippen LogP contribution in [0.5, 0.6) is 0 Å². The van der Waals surface area contributed by atoms with E-state index in [4.69, 9.17) is 5.26 Å². The van der Waals surface area contributed by atoms with Gasteiger partial charge in [0.05, 0.1) is 29.4 Å². The Morgan fingerprint density at radius 1 is 1.16 bits per heavy atom. The fourth-order valence-corrected chi connectivity index (χ4v) is 2.80. The fraction of sp³-hybridized carbons (Fsp3) is 0.150. The van der Waals surface area contributed by atoms with Crippen LogP contribution in [0.25, 0.3) is 0 Å². The minimum Gasteiger partial charge on any atom is -0.322 e. The Kier molecular flexibility index (Phi) is 4.62. The maximum absolute atomic E-state index is 12.7. The van der Waals surface area contributed by atoms with Crippen molar-refractivity contribution in [2.75, 3.05) is 5.32 Å². The average Bonchev–Trinajstić information content (AvgIpc) is 2.89. The highest BCUT2D eigenvalue weighted by atomic mass is 16.1. The first kappa shape index (κ1) is 16.5. The first-order valence-corrected chi connectivity index (χ1v) is 7.98. The molecule has 2 aromatic carbocycles. The van der Waals surface area contributed by atoms with E-state index in [0.29, 0.717) is 29.1 Å². The number of nitrogens with one attached hydrogen (secondary N) is 1. The number of carbonyl (C=O) groups is 1. The van der Waals surface area contributed by atoms with Gasteiger partial charge >= 0.3 is 0 Å². The highest BCUT2D eigenvalue weighted by Crippen LogP contribution is 2.18. The van der Waals surface area contributed by atoms with Crippen LogP contribution in [-0.2, 0) is 6.54 Å². The summed E-state index contributed by atoms with van der Waals surface area (Å²) in [7, 11) is 0. The Morgan fingerprint density at radius 3 is 2.64 bits per heavy atom. The van der Waals surface area contributed by atoms with Crippen molar-refractivity contribution in [1.29, 1.82) is 5.26 Å². The van der Waals surface area contributed by atoms with Crippen LogP contribution in [0.4, 0.5) is 5.69 Å². The number of hydrogen-bond acceptors (Lipinski definition) is 3. The Bertz CT molecular complexity index is 952. The van der Waals surface area contributed by atoms with Crippen LogP contribution < -0.4 is 5.32 Å². The van der Waals surface area contributed by atoms with Crippen LogP contribution in [0.2, 0.25) is 0 Å². The number of benzene rings is 2. The monoisotopic (exact) mass is 330 g/mol. The van der Waals surface area contributed by atoms with Crippen LogP contribution in [0.15, 0.2) is 54.6 Å². The number of aryl methyl sites for hydroxylation is 1. The molecule has 0 radical (unpaired) electrons. The molecule has 3 rings (SSSR count). The maximum Gasteiger partial charge on any atom is 0.259 e. The number of aromatic nitrogens is 2. The molecule has 0 atom stereocenters. The van der Waals surface area contributed by atoms with Crippen LogP contribution in [0.1, 0.15) is 32.9 Å². The molecule has 1 N–H and O–H groups in total. The molecule has 0 bridgehead atoms. The molecule has 1 amide bonds. The molecule has 1 heterocycles. The highest BCUT2D eigenvalue weighted by molar-refractivity contribution is 6.05. The van der Waals surface area contributed by atoms with Crippen molar-refractivity contribution in [3.63, 3.8) is 0 Å². The normalized spacial score (nSPS) is 10.3. The summed E-state index contributed by atoms with van der Waals surface area (Å²) in [5.41, 5.74) is 4.29. The lowest BCUT2D eigenvalue weighted by Gasteiger charge is -2.07. The van der Waals surface area contributed by atoms with Gasteiger partial charge in [-0.25, -0.2) is 0 Å². The lowest BCUT2D eigenvalue weighted by Crippen LogP contribution is -2.14. The summed E-state index contributed by atoms with van der Waals surface area (Å²) in [6, 6.07) is 18.9. The van der Waals surface area contributed by atoms with Crippen LogP contribution in [0, 0.1) is 25.2 Å². The smallest absolute Gasteiger partial charge is 0.259 e. The van der Waals surface area contributed by atoms with Gasteiger partial charge in [0.25, 0.3) is 5.91 Å². The molecular weight excluding hydrogens is 312 g/mol. The minimum atomic E-state index is -0.218. The van der Waals surface area contributed by atoms with E-state index in [1.807, 2.05) is 48.9 Å². The zero-order chi connectivity index (χ0) is 17.8. The zero-order valence-electron chi connectivity index (χ0n) is 14.2. The molecule has 0 fully saturated rings. The largest absolute Gasteiger partial charge is 0.322 e. The second-order valence-corrected chi connectivity index (χ2v) is 5.84. The standard InChI is InChI=1S/C20H18N4O/c1-14-19(20(25)22-18-10-6-9-17(11-18)12-21)15(2)24(23-14)13-16-7-4-3-5-8-16/h3-11H,13H2,1-2H3,(H,22,25). The van der Waals surface area contributed by atoms with Gasteiger partial charge in [0, 0.05) is 11.4 Å². The summed E-state index contributed by atoms with van der Waals surface area (Å²) in [6.45, 7) is 4.34. The molecule has 1 aromatic heterocycles. The molecule has 5 heteroatoms. The lowest BCUT2D eigenvalue weighted by molar-refractivity contribution is 0.102. The molecule has 0 aliphatic carbocycles. The third-order valence-corrected chi connectivity index (χ3v) is 4.03. The summed E-state index contributed by atoms with van der Waals surface area (Å²) in [5.74, 6) is -0.218. The Morgan fingerprint density at radius 2 is 1.92 bits per heavy atom. The van der Waals surface area contributed by atoms with Crippen LogP contribution in [-0.4, -0.2) is 15.7 Å².